The van der Waals surface area contributed by atoms with Gasteiger partial charge in [0.05, 0.1) is 10.0 Å². The van der Waals surface area contributed by atoms with Crippen LogP contribution in [0.5, 0.6) is 0 Å². The van der Waals surface area contributed by atoms with Crippen LogP contribution in [0.25, 0.3) is 0 Å². The monoisotopic (exact) mass is 323 g/mol. The number of hydrogen-bond acceptors (Lipinski definition) is 3. The zero-order valence-corrected chi connectivity index (χ0v) is 13.5. The third-order valence-electron chi connectivity index (χ3n) is 2.91. The maximum atomic E-state index is 12.7. The van der Waals surface area contributed by atoms with Crippen molar-refractivity contribution in [1.29, 1.82) is 0 Å². The number of hydrogen-bond donors (Lipinski definition) is 0. The predicted octanol–water partition coefficient (Wildman–Crippen LogP) is 4.15. The van der Waals surface area contributed by atoms with E-state index >= 15 is 0 Å². The van der Waals surface area contributed by atoms with Crippen molar-refractivity contribution in [2.45, 2.75) is 26.8 Å². The minimum Gasteiger partial charge on any atom is -0.304 e. The lowest BCUT2D eigenvalue weighted by molar-refractivity contribution is 0.0975. The van der Waals surface area contributed by atoms with Gasteiger partial charge < -0.3 is 4.90 Å². The average molecular weight is 324 g/mol. The van der Waals surface area contributed by atoms with Gasteiger partial charge in [-0.3, -0.25) is 4.79 Å². The molecule has 2 rings (SSSR count). The first-order valence-electron chi connectivity index (χ1n) is 6.48. The third kappa shape index (κ3) is 3.52. The van der Waals surface area contributed by atoms with Crippen molar-refractivity contribution in [3.05, 3.63) is 52.0 Å². The molecular formula is C15H15Cl2N3O. The lowest BCUT2D eigenvalue weighted by Crippen LogP contribution is -2.37. The summed E-state index contributed by atoms with van der Waals surface area (Å²) in [5, 5.41) is 0.862. The number of carbonyl (C=O) groups is 1. The second-order valence-electron chi connectivity index (χ2n) is 4.86. The van der Waals surface area contributed by atoms with Crippen LogP contribution in [0.2, 0.25) is 10.0 Å². The molecule has 1 amide bonds. The summed E-state index contributed by atoms with van der Waals surface area (Å²) in [5.41, 5.74) is 1.03. The maximum absolute atomic E-state index is 12.7. The van der Waals surface area contributed by atoms with Crippen LogP contribution in [-0.4, -0.2) is 21.9 Å². The zero-order chi connectivity index (χ0) is 15.6. The van der Waals surface area contributed by atoms with Gasteiger partial charge in [-0.05, 0) is 45.0 Å². The Morgan fingerprint density at radius 2 is 1.90 bits per heavy atom. The van der Waals surface area contributed by atoms with E-state index in [-0.39, 0.29) is 11.9 Å². The Labute approximate surface area is 133 Å². The van der Waals surface area contributed by atoms with Crippen LogP contribution in [0.15, 0.2) is 30.5 Å². The minimum absolute atomic E-state index is 0.0509. The lowest BCUT2D eigenvalue weighted by atomic mass is 10.2. The molecule has 1 aromatic heterocycles. The maximum Gasteiger partial charge on any atom is 0.277 e. The Hall–Kier alpha value is -1.65. The van der Waals surface area contributed by atoms with E-state index in [0.717, 1.165) is 0 Å². The number of amides is 1. The fourth-order valence-electron chi connectivity index (χ4n) is 1.98. The Balaban J connectivity index is 2.43. The van der Waals surface area contributed by atoms with Crippen molar-refractivity contribution in [1.82, 2.24) is 9.97 Å². The van der Waals surface area contributed by atoms with Crippen LogP contribution < -0.4 is 4.90 Å². The Morgan fingerprint density at radius 1 is 1.19 bits per heavy atom. The van der Waals surface area contributed by atoms with Crippen LogP contribution in [0.4, 0.5) is 5.69 Å². The average Bonchev–Trinajstić information content (AvgIpc) is 2.42. The van der Waals surface area contributed by atoms with E-state index in [4.69, 9.17) is 23.2 Å². The molecule has 4 nitrogen and oxygen atoms in total. The summed E-state index contributed by atoms with van der Waals surface area (Å²) in [6, 6.07) is 6.66. The molecule has 0 saturated carbocycles. The number of halogens is 2. The first kappa shape index (κ1) is 15.7. The minimum atomic E-state index is -0.200. The summed E-state index contributed by atoms with van der Waals surface area (Å²) in [5.74, 6) is 0.354. The van der Waals surface area contributed by atoms with Gasteiger partial charge >= 0.3 is 0 Å². The Bertz CT molecular complexity index is 674. The van der Waals surface area contributed by atoms with Crippen molar-refractivity contribution < 1.29 is 4.79 Å². The summed E-state index contributed by atoms with van der Waals surface area (Å²) in [6.07, 6.45) is 1.57. The standard InChI is InChI=1S/C15H15Cl2N3O/c1-9(2)20(11-4-5-12(16)13(17)8-11)15(21)14-6-7-18-10(3)19-14/h4-9H,1-3H3. The first-order chi connectivity index (χ1) is 9.90. The highest BCUT2D eigenvalue weighted by Crippen LogP contribution is 2.29. The molecule has 0 saturated heterocycles. The molecule has 21 heavy (non-hydrogen) atoms. The van der Waals surface area contributed by atoms with Gasteiger partial charge in [0, 0.05) is 17.9 Å². The summed E-state index contributed by atoms with van der Waals surface area (Å²) < 4.78 is 0. The molecule has 110 valence electrons. The highest BCUT2D eigenvalue weighted by atomic mass is 35.5. The lowest BCUT2D eigenvalue weighted by Gasteiger charge is -2.27. The molecule has 1 heterocycles. The number of carbonyl (C=O) groups excluding carboxylic acids is 1. The molecule has 0 fully saturated rings. The number of rotatable bonds is 3. The number of aryl methyl sites for hydroxylation is 1. The molecule has 6 heteroatoms. The van der Waals surface area contributed by atoms with Gasteiger partial charge in [0.2, 0.25) is 0 Å². The van der Waals surface area contributed by atoms with E-state index in [1.807, 2.05) is 13.8 Å². The van der Waals surface area contributed by atoms with Crippen LogP contribution in [0, 0.1) is 6.92 Å². The first-order valence-corrected chi connectivity index (χ1v) is 7.24. The van der Waals surface area contributed by atoms with Crippen LogP contribution >= 0.6 is 23.2 Å². The fraction of sp³-hybridized carbons (Fsp3) is 0.267. The van der Waals surface area contributed by atoms with Gasteiger partial charge in [0.1, 0.15) is 11.5 Å². The summed E-state index contributed by atoms with van der Waals surface area (Å²) in [6.45, 7) is 5.60. The molecule has 0 bridgehead atoms. The van der Waals surface area contributed by atoms with Crippen molar-refractivity contribution >= 4 is 34.8 Å². The van der Waals surface area contributed by atoms with Gasteiger partial charge in [0.25, 0.3) is 5.91 Å². The molecule has 0 atom stereocenters. The van der Waals surface area contributed by atoms with Gasteiger partial charge in [0.15, 0.2) is 0 Å². The highest BCUT2D eigenvalue weighted by molar-refractivity contribution is 6.42. The molecule has 0 aliphatic carbocycles. The Kier molecular flexibility index (Phi) is 4.80. The van der Waals surface area contributed by atoms with Gasteiger partial charge in [-0.15, -0.1) is 0 Å². The Morgan fingerprint density at radius 3 is 2.48 bits per heavy atom. The molecule has 0 unspecified atom stereocenters. The van der Waals surface area contributed by atoms with E-state index in [2.05, 4.69) is 9.97 Å². The number of benzene rings is 1. The normalized spacial score (nSPS) is 10.8. The third-order valence-corrected chi connectivity index (χ3v) is 3.65. The van der Waals surface area contributed by atoms with Crippen molar-refractivity contribution in [2.24, 2.45) is 0 Å². The second-order valence-corrected chi connectivity index (χ2v) is 5.67. The van der Waals surface area contributed by atoms with Gasteiger partial charge in [-0.25, -0.2) is 9.97 Å². The molecule has 0 N–H and O–H groups in total. The van der Waals surface area contributed by atoms with Gasteiger partial charge in [-0.1, -0.05) is 23.2 Å². The summed E-state index contributed by atoms with van der Waals surface area (Å²) >= 11 is 12.0. The zero-order valence-electron chi connectivity index (χ0n) is 12.0. The predicted molar refractivity (Wildman–Crippen MR) is 85.2 cm³/mol. The fourth-order valence-corrected chi connectivity index (χ4v) is 2.28. The number of anilines is 1. The largest absolute Gasteiger partial charge is 0.304 e. The van der Waals surface area contributed by atoms with Crippen LogP contribution in [0.3, 0.4) is 0 Å². The second kappa shape index (κ2) is 6.41. The summed E-state index contributed by atoms with van der Waals surface area (Å²) in [7, 11) is 0. The highest BCUT2D eigenvalue weighted by Gasteiger charge is 2.22. The summed E-state index contributed by atoms with van der Waals surface area (Å²) in [4.78, 5) is 22.5. The van der Waals surface area contributed by atoms with E-state index in [1.54, 1.807) is 42.3 Å². The number of aromatic nitrogens is 2. The SMILES string of the molecule is Cc1nccc(C(=O)N(c2ccc(Cl)c(Cl)c2)C(C)C)n1. The van der Waals surface area contributed by atoms with E-state index in [1.165, 1.54) is 0 Å². The molecule has 1 aromatic carbocycles. The molecular weight excluding hydrogens is 309 g/mol. The van der Waals surface area contributed by atoms with E-state index in [0.29, 0.717) is 27.3 Å². The van der Waals surface area contributed by atoms with Crippen molar-refractivity contribution in [2.75, 3.05) is 4.90 Å². The molecule has 0 radical (unpaired) electrons. The van der Waals surface area contributed by atoms with Crippen molar-refractivity contribution in [3.63, 3.8) is 0 Å². The van der Waals surface area contributed by atoms with Gasteiger partial charge in [-0.2, -0.15) is 0 Å². The van der Waals surface area contributed by atoms with E-state index < -0.39 is 0 Å². The molecule has 2 aromatic rings. The molecule has 0 spiro atoms. The van der Waals surface area contributed by atoms with Crippen LogP contribution in [-0.2, 0) is 0 Å². The van der Waals surface area contributed by atoms with Crippen LogP contribution in [0.1, 0.15) is 30.2 Å². The smallest absolute Gasteiger partial charge is 0.277 e. The molecule has 0 aliphatic rings. The molecule has 0 aliphatic heterocycles. The topological polar surface area (TPSA) is 46.1 Å². The van der Waals surface area contributed by atoms with Crippen molar-refractivity contribution in [3.8, 4) is 0 Å². The van der Waals surface area contributed by atoms with E-state index in [9.17, 15) is 4.79 Å². The quantitative estimate of drug-likeness (QED) is 0.852. The number of nitrogens with zero attached hydrogens (tertiary/aromatic N) is 3.